The summed E-state index contributed by atoms with van der Waals surface area (Å²) in [6.45, 7) is 5.60. The first-order chi connectivity index (χ1) is 16.1. The molecule has 6 nitrogen and oxygen atoms in total. The number of benzene rings is 2. The predicted molar refractivity (Wildman–Crippen MR) is 135 cm³/mol. The van der Waals surface area contributed by atoms with Gasteiger partial charge in [0.05, 0.1) is 0 Å². The zero-order valence-electron chi connectivity index (χ0n) is 20.3. The van der Waals surface area contributed by atoms with Crippen LogP contribution in [-0.4, -0.2) is 43.8 Å². The Morgan fingerprint density at radius 1 is 1.09 bits per heavy atom. The van der Waals surface area contributed by atoms with Crippen LogP contribution < -0.4 is 10.6 Å². The average Bonchev–Trinajstić information content (AvgIpc) is 3.20. The van der Waals surface area contributed by atoms with E-state index in [1.807, 2.05) is 37.3 Å². The van der Waals surface area contributed by atoms with E-state index in [0.717, 1.165) is 46.3 Å². The molecule has 0 bridgehead atoms. The molecule has 0 fully saturated rings. The Balaban J connectivity index is 1.86. The molecule has 0 heterocycles. The van der Waals surface area contributed by atoms with Crippen molar-refractivity contribution in [3.8, 4) is 11.1 Å². The lowest BCUT2D eigenvalue weighted by atomic mass is 9.81. The third-order valence-electron chi connectivity index (χ3n) is 7.18. The zero-order chi connectivity index (χ0) is 24.7. The lowest BCUT2D eigenvalue weighted by Gasteiger charge is -2.26. The minimum Gasteiger partial charge on any atom is -0.366 e. The number of nitrogens with zero attached hydrogens (tertiary/aromatic N) is 2. The maximum atomic E-state index is 12.6. The maximum Gasteiger partial charge on any atom is 0.250 e. The first kappa shape index (κ1) is 23.5. The molecule has 0 aromatic heterocycles. The predicted octanol–water partition coefficient (Wildman–Crippen LogP) is 4.11. The Morgan fingerprint density at radius 2 is 1.82 bits per heavy atom. The third-order valence-corrected chi connectivity index (χ3v) is 7.18. The Bertz CT molecular complexity index is 1260. The summed E-state index contributed by atoms with van der Waals surface area (Å²) in [6.07, 6.45) is 4.21. The van der Waals surface area contributed by atoms with Crippen LogP contribution in [0.3, 0.4) is 0 Å². The molecule has 2 aromatic rings. The quantitative estimate of drug-likeness (QED) is 0.686. The highest BCUT2D eigenvalue weighted by Crippen LogP contribution is 2.49. The molecule has 34 heavy (non-hydrogen) atoms. The molecule has 1 unspecified atom stereocenters. The lowest BCUT2D eigenvalue weighted by Crippen LogP contribution is -2.31. The van der Waals surface area contributed by atoms with Gasteiger partial charge in [0.15, 0.2) is 0 Å². The molecule has 2 aliphatic rings. The molecule has 4 rings (SSSR count). The smallest absolute Gasteiger partial charge is 0.250 e. The van der Waals surface area contributed by atoms with Gasteiger partial charge in [-0.15, -0.1) is 0 Å². The molecule has 0 radical (unpaired) electrons. The fourth-order valence-electron chi connectivity index (χ4n) is 5.45. The van der Waals surface area contributed by atoms with E-state index in [4.69, 9.17) is 5.73 Å². The number of carbonyl (C=O) groups excluding carboxylic acids is 3. The van der Waals surface area contributed by atoms with Crippen molar-refractivity contribution >= 4 is 29.0 Å². The fraction of sp³-hybridized carbons (Fsp3) is 0.321. The topological polar surface area (TPSA) is 83.7 Å². The van der Waals surface area contributed by atoms with Crippen molar-refractivity contribution in [2.45, 2.75) is 32.6 Å². The number of hydrogen-bond donors (Lipinski definition) is 1. The Morgan fingerprint density at radius 3 is 2.47 bits per heavy atom. The van der Waals surface area contributed by atoms with E-state index in [2.05, 4.69) is 6.58 Å². The number of carbonyl (C=O) groups is 3. The summed E-state index contributed by atoms with van der Waals surface area (Å²) < 4.78 is 0. The molecule has 0 saturated carbocycles. The average molecular weight is 458 g/mol. The number of hydrogen-bond acceptors (Lipinski definition) is 3. The van der Waals surface area contributed by atoms with E-state index >= 15 is 0 Å². The number of allylic oxidation sites excluding steroid dienone is 2. The van der Waals surface area contributed by atoms with Crippen molar-refractivity contribution in [3.63, 3.8) is 0 Å². The number of anilines is 1. The van der Waals surface area contributed by atoms with Gasteiger partial charge in [-0.3, -0.25) is 14.4 Å². The Kier molecular flexibility index (Phi) is 6.17. The fourth-order valence-corrected chi connectivity index (χ4v) is 5.45. The summed E-state index contributed by atoms with van der Waals surface area (Å²) >= 11 is 0. The highest BCUT2D eigenvalue weighted by atomic mass is 16.2. The second kappa shape index (κ2) is 8.93. The first-order valence-corrected chi connectivity index (χ1v) is 11.5. The zero-order valence-corrected chi connectivity index (χ0v) is 20.3. The van der Waals surface area contributed by atoms with E-state index in [-0.39, 0.29) is 17.7 Å². The van der Waals surface area contributed by atoms with Crippen LogP contribution in [0.2, 0.25) is 0 Å². The summed E-state index contributed by atoms with van der Waals surface area (Å²) in [5.41, 5.74) is 14.6. The van der Waals surface area contributed by atoms with Crippen molar-refractivity contribution in [1.29, 1.82) is 0 Å². The molecule has 0 aliphatic heterocycles. The molecule has 2 aromatic carbocycles. The maximum absolute atomic E-state index is 12.6. The van der Waals surface area contributed by atoms with Crippen LogP contribution in [0.1, 0.15) is 46.3 Å². The van der Waals surface area contributed by atoms with Gasteiger partial charge in [0, 0.05) is 38.3 Å². The normalized spacial score (nSPS) is 16.5. The van der Waals surface area contributed by atoms with Crippen molar-refractivity contribution in [2.24, 2.45) is 11.7 Å². The molecular weight excluding hydrogens is 426 g/mol. The van der Waals surface area contributed by atoms with Gasteiger partial charge in [-0.05, 0) is 84.2 Å². The van der Waals surface area contributed by atoms with Crippen LogP contribution in [-0.2, 0) is 16.0 Å². The second-order valence-electron chi connectivity index (χ2n) is 9.36. The minimum atomic E-state index is -0.439. The number of nitrogens with two attached hydrogens (primary N) is 1. The van der Waals surface area contributed by atoms with Crippen molar-refractivity contribution in [3.05, 3.63) is 70.8 Å². The second-order valence-corrected chi connectivity index (χ2v) is 9.36. The van der Waals surface area contributed by atoms with E-state index in [9.17, 15) is 14.4 Å². The number of rotatable bonds is 5. The van der Waals surface area contributed by atoms with E-state index in [0.29, 0.717) is 18.4 Å². The van der Waals surface area contributed by atoms with Crippen molar-refractivity contribution < 1.29 is 14.4 Å². The molecule has 0 spiro atoms. The van der Waals surface area contributed by atoms with Gasteiger partial charge in [0.25, 0.3) is 0 Å². The summed E-state index contributed by atoms with van der Waals surface area (Å²) in [5, 5.41) is 0. The van der Waals surface area contributed by atoms with Gasteiger partial charge in [-0.25, -0.2) is 0 Å². The van der Waals surface area contributed by atoms with Gasteiger partial charge in [-0.1, -0.05) is 30.4 Å². The van der Waals surface area contributed by atoms with Gasteiger partial charge < -0.3 is 15.5 Å². The monoisotopic (exact) mass is 457 g/mol. The van der Waals surface area contributed by atoms with Gasteiger partial charge in [0.1, 0.15) is 0 Å². The molecular formula is C28H31N3O3. The van der Waals surface area contributed by atoms with Crippen LogP contribution in [0.5, 0.6) is 0 Å². The van der Waals surface area contributed by atoms with E-state index < -0.39 is 5.91 Å². The highest BCUT2D eigenvalue weighted by molar-refractivity contribution is 6.03. The van der Waals surface area contributed by atoms with Crippen molar-refractivity contribution in [2.75, 3.05) is 26.0 Å². The molecule has 176 valence electrons. The number of likely N-dealkylation sites (N-methyl/N-ethyl adjacent to an activating group) is 1. The summed E-state index contributed by atoms with van der Waals surface area (Å²) in [5.74, 6) is -0.503. The molecule has 6 heteroatoms. The molecule has 1 atom stereocenters. The largest absolute Gasteiger partial charge is 0.366 e. The van der Waals surface area contributed by atoms with Crippen LogP contribution >= 0.6 is 0 Å². The summed E-state index contributed by atoms with van der Waals surface area (Å²) in [4.78, 5) is 40.4. The summed E-state index contributed by atoms with van der Waals surface area (Å²) in [6, 6.07) is 9.68. The van der Waals surface area contributed by atoms with Gasteiger partial charge in [-0.2, -0.15) is 0 Å². The molecule has 2 aliphatic carbocycles. The Hall–Kier alpha value is -3.67. The third kappa shape index (κ3) is 3.83. The van der Waals surface area contributed by atoms with Crippen LogP contribution in [0, 0.1) is 12.8 Å². The minimum absolute atomic E-state index is 0.0350. The number of fused-ring (bicyclic) bond motifs is 2. The van der Waals surface area contributed by atoms with Crippen molar-refractivity contribution in [1.82, 2.24) is 4.90 Å². The SMILES string of the molecule is C=CC(=O)N(C)c1cccc(-c2ccc(C(N)=O)c3c2C2=C(C3)CC(C(=O)N(C)C)CC2)c1C. The van der Waals surface area contributed by atoms with Crippen LogP contribution in [0.15, 0.2) is 48.6 Å². The van der Waals surface area contributed by atoms with Crippen LogP contribution in [0.25, 0.3) is 16.7 Å². The lowest BCUT2D eigenvalue weighted by molar-refractivity contribution is -0.133. The van der Waals surface area contributed by atoms with E-state index in [1.54, 1.807) is 30.9 Å². The highest BCUT2D eigenvalue weighted by Gasteiger charge is 2.35. The Labute approximate surface area is 200 Å². The van der Waals surface area contributed by atoms with Crippen LogP contribution in [0.4, 0.5) is 5.69 Å². The summed E-state index contributed by atoms with van der Waals surface area (Å²) in [7, 11) is 5.33. The van der Waals surface area contributed by atoms with Gasteiger partial charge in [0.2, 0.25) is 17.7 Å². The first-order valence-electron chi connectivity index (χ1n) is 11.5. The van der Waals surface area contributed by atoms with Gasteiger partial charge >= 0.3 is 0 Å². The molecule has 2 N–H and O–H groups in total. The standard InChI is InChI=1S/C28H31N3O3/c1-6-25(32)31(5)24-9-7-8-19(16(24)2)21-12-13-22(27(29)33)23-15-18-14-17(28(34)30(3)4)10-11-20(18)26(21)23/h6-9,12-13,17H,1,10-11,14-15H2,2-5H3,(H2,29,33). The molecule has 3 amide bonds. The molecule has 0 saturated heterocycles. The van der Waals surface area contributed by atoms with E-state index in [1.165, 1.54) is 17.2 Å². The number of amides is 3. The number of primary amides is 1.